The molecule has 0 bridgehead atoms. The van der Waals surface area contributed by atoms with Crippen LogP contribution >= 0.6 is 0 Å². The van der Waals surface area contributed by atoms with Crippen molar-refractivity contribution in [2.75, 3.05) is 13.2 Å². The van der Waals surface area contributed by atoms with Crippen molar-refractivity contribution in [3.63, 3.8) is 0 Å². The van der Waals surface area contributed by atoms with E-state index in [1.165, 1.54) is 96.3 Å². The molecule has 7 unspecified atom stereocenters. The SMILES string of the molecule is CC(O)CC(=O)CCCCCCCCCCCCCCCCCCCCCC(O)CCOC1OC(CO)C(O)C(O)C1O. The molecule has 9 nitrogen and oxygen atoms in total. The van der Waals surface area contributed by atoms with Gasteiger partial charge in [-0.25, -0.2) is 0 Å². The molecule has 256 valence electrons. The number of unbranched alkanes of at least 4 members (excludes halogenated alkanes) is 18. The van der Waals surface area contributed by atoms with E-state index in [-0.39, 0.29) is 12.4 Å². The number of hydrogen-bond donors (Lipinski definition) is 6. The number of carbonyl (C=O) groups is 1. The van der Waals surface area contributed by atoms with Crippen molar-refractivity contribution >= 4 is 5.78 Å². The molecule has 1 heterocycles. The lowest BCUT2D eigenvalue weighted by Gasteiger charge is -2.39. The fourth-order valence-electron chi connectivity index (χ4n) is 5.81. The van der Waals surface area contributed by atoms with Crippen LogP contribution in [0, 0.1) is 0 Å². The highest BCUT2D eigenvalue weighted by atomic mass is 16.7. The Morgan fingerprint density at radius 3 is 1.53 bits per heavy atom. The lowest BCUT2D eigenvalue weighted by atomic mass is 9.99. The van der Waals surface area contributed by atoms with E-state index in [0.717, 1.165) is 25.7 Å². The maximum absolute atomic E-state index is 11.6. The van der Waals surface area contributed by atoms with E-state index in [1.807, 2.05) is 0 Å². The first-order chi connectivity index (χ1) is 20.8. The van der Waals surface area contributed by atoms with Crippen molar-refractivity contribution in [1.82, 2.24) is 0 Å². The van der Waals surface area contributed by atoms with Gasteiger partial charge in [0.25, 0.3) is 0 Å². The van der Waals surface area contributed by atoms with Crippen LogP contribution in [-0.2, 0) is 14.3 Å². The smallest absolute Gasteiger partial charge is 0.186 e. The number of carbonyl (C=O) groups excluding carboxylic acids is 1. The number of hydrogen-bond acceptors (Lipinski definition) is 9. The van der Waals surface area contributed by atoms with E-state index in [9.17, 15) is 35.4 Å². The van der Waals surface area contributed by atoms with Crippen molar-refractivity contribution in [2.45, 2.75) is 198 Å². The van der Waals surface area contributed by atoms with Crippen LogP contribution in [-0.4, -0.2) is 92.5 Å². The number of aliphatic hydroxyl groups is 6. The summed E-state index contributed by atoms with van der Waals surface area (Å²) in [5, 5.41) is 58.2. The normalized spacial score (nSPS) is 23.8. The number of rotatable bonds is 29. The average Bonchev–Trinajstić information content (AvgIpc) is 2.97. The first-order valence-electron chi connectivity index (χ1n) is 17.6. The van der Waals surface area contributed by atoms with Gasteiger partial charge in [-0.3, -0.25) is 4.79 Å². The average molecular weight is 619 g/mol. The second-order valence-electron chi connectivity index (χ2n) is 12.9. The maximum atomic E-state index is 11.6. The summed E-state index contributed by atoms with van der Waals surface area (Å²) in [5.41, 5.74) is 0. The summed E-state index contributed by atoms with van der Waals surface area (Å²) >= 11 is 0. The van der Waals surface area contributed by atoms with E-state index >= 15 is 0 Å². The third kappa shape index (κ3) is 20.9. The summed E-state index contributed by atoms with van der Waals surface area (Å²) in [6, 6.07) is 0. The van der Waals surface area contributed by atoms with E-state index in [1.54, 1.807) is 6.92 Å². The Morgan fingerprint density at radius 1 is 0.651 bits per heavy atom. The zero-order chi connectivity index (χ0) is 31.7. The van der Waals surface area contributed by atoms with E-state index < -0.39 is 49.5 Å². The molecular formula is C34H66O9. The Kier molecular flexibility index (Phi) is 24.9. The molecule has 1 saturated heterocycles. The van der Waals surface area contributed by atoms with Crippen molar-refractivity contribution in [2.24, 2.45) is 0 Å². The second kappa shape index (κ2) is 26.6. The molecule has 0 aromatic rings. The second-order valence-corrected chi connectivity index (χ2v) is 12.9. The van der Waals surface area contributed by atoms with Crippen molar-refractivity contribution < 1.29 is 44.9 Å². The minimum Gasteiger partial charge on any atom is -0.394 e. The van der Waals surface area contributed by atoms with Crippen LogP contribution in [0.5, 0.6) is 0 Å². The summed E-state index contributed by atoms with van der Waals surface area (Å²) in [6.07, 6.45) is 18.4. The molecule has 0 spiro atoms. The van der Waals surface area contributed by atoms with Crippen LogP contribution < -0.4 is 0 Å². The van der Waals surface area contributed by atoms with Gasteiger partial charge in [-0.15, -0.1) is 0 Å². The zero-order valence-corrected chi connectivity index (χ0v) is 27.1. The van der Waals surface area contributed by atoms with Gasteiger partial charge in [0.05, 0.1) is 25.4 Å². The molecule has 0 amide bonds. The predicted molar refractivity (Wildman–Crippen MR) is 169 cm³/mol. The summed E-state index contributed by atoms with van der Waals surface area (Å²) in [7, 11) is 0. The number of ketones is 1. The van der Waals surface area contributed by atoms with Gasteiger partial charge < -0.3 is 40.1 Å². The molecule has 1 aliphatic rings. The van der Waals surface area contributed by atoms with Crippen LogP contribution in [0.1, 0.15) is 155 Å². The first-order valence-corrected chi connectivity index (χ1v) is 17.6. The molecule has 0 aromatic heterocycles. The third-order valence-corrected chi connectivity index (χ3v) is 8.60. The monoisotopic (exact) mass is 618 g/mol. The molecule has 7 atom stereocenters. The highest BCUT2D eigenvalue weighted by Gasteiger charge is 2.43. The van der Waals surface area contributed by atoms with Crippen LogP contribution in [0.3, 0.4) is 0 Å². The van der Waals surface area contributed by atoms with Crippen LogP contribution in [0.25, 0.3) is 0 Å². The van der Waals surface area contributed by atoms with Gasteiger partial charge in [0.1, 0.15) is 30.2 Å². The van der Waals surface area contributed by atoms with Crippen molar-refractivity contribution in [3.8, 4) is 0 Å². The van der Waals surface area contributed by atoms with Gasteiger partial charge in [-0.2, -0.15) is 0 Å². The summed E-state index contributed by atoms with van der Waals surface area (Å²) in [6.45, 7) is 1.34. The molecule has 0 aromatic carbocycles. The van der Waals surface area contributed by atoms with Crippen LogP contribution in [0.15, 0.2) is 0 Å². The molecule has 0 radical (unpaired) electrons. The van der Waals surface area contributed by atoms with Gasteiger partial charge in [0.15, 0.2) is 6.29 Å². The Hall–Kier alpha value is -0.650. The molecular weight excluding hydrogens is 552 g/mol. The molecule has 43 heavy (non-hydrogen) atoms. The minimum absolute atomic E-state index is 0.156. The Balaban J connectivity index is 1.79. The van der Waals surface area contributed by atoms with Gasteiger partial charge in [-0.1, -0.05) is 116 Å². The van der Waals surface area contributed by atoms with Gasteiger partial charge >= 0.3 is 0 Å². The summed E-state index contributed by atoms with van der Waals surface area (Å²) in [4.78, 5) is 11.6. The number of ether oxygens (including phenoxy) is 2. The van der Waals surface area contributed by atoms with E-state index in [4.69, 9.17) is 9.47 Å². The first kappa shape index (κ1) is 40.4. The highest BCUT2D eigenvalue weighted by Crippen LogP contribution is 2.22. The molecule has 9 heteroatoms. The van der Waals surface area contributed by atoms with Crippen LogP contribution in [0.2, 0.25) is 0 Å². The molecule has 1 aliphatic heterocycles. The highest BCUT2D eigenvalue weighted by molar-refractivity contribution is 5.78. The fraction of sp³-hybridized carbons (Fsp3) is 0.971. The molecule has 6 N–H and O–H groups in total. The minimum atomic E-state index is -1.45. The van der Waals surface area contributed by atoms with E-state index in [2.05, 4.69) is 0 Å². The summed E-state index contributed by atoms with van der Waals surface area (Å²) in [5.74, 6) is 0.192. The fourth-order valence-corrected chi connectivity index (χ4v) is 5.81. The molecule has 1 fully saturated rings. The predicted octanol–water partition coefficient (Wildman–Crippen LogP) is 5.09. The van der Waals surface area contributed by atoms with Crippen molar-refractivity contribution in [3.05, 3.63) is 0 Å². The van der Waals surface area contributed by atoms with Gasteiger partial charge in [-0.05, 0) is 26.2 Å². The molecule has 0 aliphatic carbocycles. The topological polar surface area (TPSA) is 157 Å². The summed E-state index contributed by atoms with van der Waals surface area (Å²) < 4.78 is 10.8. The lowest BCUT2D eigenvalue weighted by molar-refractivity contribution is -0.301. The van der Waals surface area contributed by atoms with Crippen molar-refractivity contribution in [1.29, 1.82) is 0 Å². The van der Waals surface area contributed by atoms with Gasteiger partial charge in [0.2, 0.25) is 0 Å². The standard InChI is InChI=1S/C34H66O9/c1-27(36)25-29(38)22-20-18-16-14-12-10-8-6-4-2-3-5-7-9-11-13-15-17-19-21-28(37)23-24-42-34-33(41)32(40)31(39)30(26-35)43-34/h27-28,30-37,39-41H,2-26H2,1H3. The van der Waals surface area contributed by atoms with Gasteiger partial charge in [0, 0.05) is 12.8 Å². The lowest BCUT2D eigenvalue weighted by Crippen LogP contribution is -2.59. The Morgan fingerprint density at radius 2 is 1.09 bits per heavy atom. The maximum Gasteiger partial charge on any atom is 0.186 e. The molecule has 1 rings (SSSR count). The van der Waals surface area contributed by atoms with Crippen LogP contribution in [0.4, 0.5) is 0 Å². The quantitative estimate of drug-likeness (QED) is 0.0629. The Labute approximate surface area is 261 Å². The Bertz CT molecular complexity index is 645. The molecule has 0 saturated carbocycles. The van der Waals surface area contributed by atoms with E-state index in [0.29, 0.717) is 25.7 Å². The third-order valence-electron chi connectivity index (χ3n) is 8.60. The largest absolute Gasteiger partial charge is 0.394 e. The number of Topliss-reactive ketones (excluding diaryl/α,β-unsaturated/α-hetero) is 1. The zero-order valence-electron chi connectivity index (χ0n) is 27.1. The number of aliphatic hydroxyl groups excluding tert-OH is 6.